The molecule has 0 aromatic carbocycles. The molecular formula is C6H13LiO. The summed E-state index contributed by atoms with van der Waals surface area (Å²) in [6.07, 6.45) is 3.62. The standard InChI is InChI=1S/C6H12O.Li.H/c1-3-5-6(4-2)7-5;;/h5-6H,3-4H2,1-2H3;;. The fourth-order valence-corrected chi connectivity index (χ4v) is 0.897. The molecule has 1 aliphatic heterocycles. The van der Waals surface area contributed by atoms with E-state index in [-0.39, 0.29) is 18.9 Å². The van der Waals surface area contributed by atoms with Gasteiger partial charge in [-0.3, -0.25) is 0 Å². The van der Waals surface area contributed by atoms with Crippen molar-refractivity contribution in [3.8, 4) is 0 Å². The molecule has 0 radical (unpaired) electrons. The molecule has 0 saturated carbocycles. The third kappa shape index (κ3) is 1.82. The van der Waals surface area contributed by atoms with Gasteiger partial charge in [-0.2, -0.15) is 0 Å². The number of hydrogen-bond acceptors (Lipinski definition) is 1. The second kappa shape index (κ2) is 3.56. The van der Waals surface area contributed by atoms with Crippen LogP contribution in [0.2, 0.25) is 0 Å². The molecule has 1 rings (SSSR count). The van der Waals surface area contributed by atoms with Gasteiger partial charge in [-0.15, -0.1) is 0 Å². The van der Waals surface area contributed by atoms with Crippen LogP contribution in [0.5, 0.6) is 0 Å². The van der Waals surface area contributed by atoms with Crippen LogP contribution in [0.3, 0.4) is 0 Å². The maximum atomic E-state index is 5.22. The van der Waals surface area contributed by atoms with E-state index < -0.39 is 0 Å². The predicted molar refractivity (Wildman–Crippen MR) is 36.4 cm³/mol. The fraction of sp³-hybridized carbons (Fsp3) is 1.00. The molecule has 1 saturated heterocycles. The van der Waals surface area contributed by atoms with Crippen molar-refractivity contribution >= 4 is 18.9 Å². The van der Waals surface area contributed by atoms with Gasteiger partial charge in [0.15, 0.2) is 0 Å². The summed E-state index contributed by atoms with van der Waals surface area (Å²) in [5.74, 6) is 0. The molecule has 1 fully saturated rings. The van der Waals surface area contributed by atoms with Gasteiger partial charge in [-0.25, -0.2) is 0 Å². The molecule has 1 heterocycles. The zero-order valence-electron chi connectivity index (χ0n) is 4.98. The molecule has 2 unspecified atom stereocenters. The second-order valence-corrected chi connectivity index (χ2v) is 2.03. The van der Waals surface area contributed by atoms with Gasteiger partial charge >= 0.3 is 18.9 Å². The average molecular weight is 108 g/mol. The van der Waals surface area contributed by atoms with Crippen molar-refractivity contribution in [2.45, 2.75) is 38.9 Å². The summed E-state index contributed by atoms with van der Waals surface area (Å²) in [5, 5.41) is 0. The van der Waals surface area contributed by atoms with Crippen molar-refractivity contribution in [3.05, 3.63) is 0 Å². The SMILES string of the molecule is CCC1OC1CC.[LiH]. The monoisotopic (exact) mass is 108 g/mol. The number of ether oxygens (including phenoxy) is 1. The average Bonchev–Trinajstić information content (AvgIpc) is 2.43. The van der Waals surface area contributed by atoms with E-state index in [4.69, 9.17) is 4.74 Å². The van der Waals surface area contributed by atoms with Crippen LogP contribution in [0.25, 0.3) is 0 Å². The van der Waals surface area contributed by atoms with Crippen LogP contribution in [0.15, 0.2) is 0 Å². The van der Waals surface area contributed by atoms with E-state index in [2.05, 4.69) is 13.8 Å². The third-order valence-electron chi connectivity index (χ3n) is 1.49. The maximum absolute atomic E-state index is 5.22. The Bertz CT molecular complexity index is 57.5. The molecule has 0 aromatic heterocycles. The minimum absolute atomic E-state index is 0. The Hall–Kier alpha value is 0.557. The molecule has 2 atom stereocenters. The Morgan fingerprint density at radius 1 is 1.12 bits per heavy atom. The molecular weight excluding hydrogens is 95.0 g/mol. The third-order valence-corrected chi connectivity index (χ3v) is 1.49. The Kier molecular flexibility index (Phi) is 3.81. The van der Waals surface area contributed by atoms with Gasteiger partial charge < -0.3 is 4.74 Å². The van der Waals surface area contributed by atoms with Crippen LogP contribution in [0.4, 0.5) is 0 Å². The summed E-state index contributed by atoms with van der Waals surface area (Å²) < 4.78 is 5.22. The molecule has 0 N–H and O–H groups in total. The van der Waals surface area contributed by atoms with Crippen molar-refractivity contribution in [2.75, 3.05) is 0 Å². The molecule has 2 heteroatoms. The number of hydrogen-bond donors (Lipinski definition) is 0. The van der Waals surface area contributed by atoms with Crippen molar-refractivity contribution in [2.24, 2.45) is 0 Å². The van der Waals surface area contributed by atoms with Crippen molar-refractivity contribution < 1.29 is 4.74 Å². The normalized spacial score (nSPS) is 33.8. The van der Waals surface area contributed by atoms with Gasteiger partial charge in [0.05, 0.1) is 12.2 Å². The molecule has 0 spiro atoms. The second-order valence-electron chi connectivity index (χ2n) is 2.03. The van der Waals surface area contributed by atoms with E-state index in [0.29, 0.717) is 12.2 Å². The minimum atomic E-state index is 0. The first-order valence-electron chi connectivity index (χ1n) is 3.04. The van der Waals surface area contributed by atoms with Crippen LogP contribution in [-0.2, 0) is 4.74 Å². The van der Waals surface area contributed by atoms with Crippen molar-refractivity contribution in [1.82, 2.24) is 0 Å². The van der Waals surface area contributed by atoms with Gasteiger partial charge in [0.1, 0.15) is 0 Å². The van der Waals surface area contributed by atoms with Gasteiger partial charge in [-0.05, 0) is 12.8 Å². The van der Waals surface area contributed by atoms with Gasteiger partial charge in [0.25, 0.3) is 0 Å². The summed E-state index contributed by atoms with van der Waals surface area (Å²) in [6.45, 7) is 4.33. The van der Waals surface area contributed by atoms with E-state index >= 15 is 0 Å². The zero-order chi connectivity index (χ0) is 5.28. The van der Waals surface area contributed by atoms with Gasteiger partial charge in [0.2, 0.25) is 0 Å². The summed E-state index contributed by atoms with van der Waals surface area (Å²) in [4.78, 5) is 0. The van der Waals surface area contributed by atoms with E-state index in [1.54, 1.807) is 0 Å². The van der Waals surface area contributed by atoms with Crippen LogP contribution in [0.1, 0.15) is 26.7 Å². The molecule has 8 heavy (non-hydrogen) atoms. The Balaban J connectivity index is 0.000000490. The predicted octanol–water partition coefficient (Wildman–Crippen LogP) is 0.925. The zero-order valence-corrected chi connectivity index (χ0v) is 4.98. The van der Waals surface area contributed by atoms with E-state index in [1.165, 1.54) is 12.8 Å². The first kappa shape index (κ1) is 8.56. The summed E-state index contributed by atoms with van der Waals surface area (Å²) in [6, 6.07) is 0. The Morgan fingerprint density at radius 2 is 1.50 bits per heavy atom. The topological polar surface area (TPSA) is 12.5 Å². The van der Waals surface area contributed by atoms with E-state index in [1.807, 2.05) is 0 Å². The van der Waals surface area contributed by atoms with E-state index in [0.717, 1.165) is 0 Å². The molecule has 0 aromatic rings. The molecule has 0 amide bonds. The molecule has 0 aliphatic carbocycles. The first-order valence-corrected chi connectivity index (χ1v) is 3.04. The summed E-state index contributed by atoms with van der Waals surface area (Å²) in [7, 11) is 0. The van der Waals surface area contributed by atoms with Gasteiger partial charge in [0, 0.05) is 0 Å². The molecule has 1 nitrogen and oxygen atoms in total. The Morgan fingerprint density at radius 3 is 1.62 bits per heavy atom. The first-order chi connectivity index (χ1) is 3.38. The molecule has 0 bridgehead atoms. The summed E-state index contributed by atoms with van der Waals surface area (Å²) in [5.41, 5.74) is 0. The van der Waals surface area contributed by atoms with Crippen LogP contribution in [-0.4, -0.2) is 31.1 Å². The van der Waals surface area contributed by atoms with Gasteiger partial charge in [-0.1, -0.05) is 13.8 Å². The Labute approximate surface area is 63.0 Å². The number of epoxide rings is 1. The van der Waals surface area contributed by atoms with Crippen molar-refractivity contribution in [1.29, 1.82) is 0 Å². The quantitative estimate of drug-likeness (QED) is 0.378. The van der Waals surface area contributed by atoms with Crippen LogP contribution >= 0.6 is 0 Å². The van der Waals surface area contributed by atoms with Crippen LogP contribution in [0, 0.1) is 0 Å². The fourth-order valence-electron chi connectivity index (χ4n) is 0.897. The molecule has 1 aliphatic rings. The van der Waals surface area contributed by atoms with E-state index in [9.17, 15) is 0 Å². The molecule has 44 valence electrons. The van der Waals surface area contributed by atoms with Crippen molar-refractivity contribution in [3.63, 3.8) is 0 Å². The summed E-state index contributed by atoms with van der Waals surface area (Å²) >= 11 is 0. The van der Waals surface area contributed by atoms with Crippen LogP contribution < -0.4 is 0 Å². The number of rotatable bonds is 2.